The van der Waals surface area contributed by atoms with E-state index in [1.807, 2.05) is 12.1 Å². The molecule has 0 atom stereocenters. The minimum absolute atomic E-state index is 0.124. The van der Waals surface area contributed by atoms with Crippen LogP contribution in [0.4, 0.5) is 5.13 Å². The molecule has 4 nitrogen and oxygen atoms in total. The molecule has 24 heavy (non-hydrogen) atoms. The molecule has 0 saturated carbocycles. The Kier molecular flexibility index (Phi) is 6.34. The van der Waals surface area contributed by atoms with Gasteiger partial charge >= 0.3 is 0 Å². The molecule has 0 bridgehead atoms. The molecular formula is C18H21N3OS2. The molecule has 0 spiro atoms. The predicted octanol–water partition coefficient (Wildman–Crippen LogP) is 4.77. The van der Waals surface area contributed by atoms with Crippen molar-refractivity contribution in [2.75, 3.05) is 11.1 Å². The molecule has 2 rings (SSSR count). The van der Waals surface area contributed by atoms with Crippen molar-refractivity contribution in [1.29, 1.82) is 0 Å². The first-order valence-electron chi connectivity index (χ1n) is 7.55. The molecule has 1 aromatic carbocycles. The lowest BCUT2D eigenvalue weighted by molar-refractivity contribution is -0.111. The maximum Gasteiger partial charge on any atom is 0.250 e. The van der Waals surface area contributed by atoms with Gasteiger partial charge in [-0.25, -0.2) is 0 Å². The van der Waals surface area contributed by atoms with Gasteiger partial charge in [-0.3, -0.25) is 10.1 Å². The van der Waals surface area contributed by atoms with Crippen molar-refractivity contribution in [2.45, 2.75) is 30.5 Å². The summed E-state index contributed by atoms with van der Waals surface area (Å²) in [5.74, 6) is 0.555. The third-order valence-corrected chi connectivity index (χ3v) is 5.13. The van der Waals surface area contributed by atoms with Crippen molar-refractivity contribution in [3.05, 3.63) is 54.1 Å². The Hall–Kier alpha value is -1.92. The SMILES string of the molecule is C=CCSc1nnc(NC(=O)/C=C/c2ccc(C(C)(C)C)cc2)s1. The smallest absolute Gasteiger partial charge is 0.250 e. The maximum atomic E-state index is 12.0. The van der Waals surface area contributed by atoms with Crippen molar-refractivity contribution in [3.8, 4) is 0 Å². The van der Waals surface area contributed by atoms with Gasteiger partial charge in [-0.2, -0.15) is 0 Å². The number of amides is 1. The Labute approximate surface area is 151 Å². The van der Waals surface area contributed by atoms with E-state index >= 15 is 0 Å². The Morgan fingerprint density at radius 2 is 2.00 bits per heavy atom. The molecule has 0 aliphatic rings. The van der Waals surface area contributed by atoms with Crippen molar-refractivity contribution in [1.82, 2.24) is 10.2 Å². The fraction of sp³-hybridized carbons (Fsp3) is 0.278. The molecule has 1 aromatic heterocycles. The monoisotopic (exact) mass is 359 g/mol. The van der Waals surface area contributed by atoms with Crippen LogP contribution in [0.3, 0.4) is 0 Å². The fourth-order valence-electron chi connectivity index (χ4n) is 1.86. The van der Waals surface area contributed by atoms with E-state index in [9.17, 15) is 4.79 Å². The highest BCUT2D eigenvalue weighted by atomic mass is 32.2. The Bertz CT molecular complexity index is 727. The number of aromatic nitrogens is 2. The van der Waals surface area contributed by atoms with Crippen LogP contribution in [0.2, 0.25) is 0 Å². The summed E-state index contributed by atoms with van der Waals surface area (Å²) in [6, 6.07) is 8.20. The van der Waals surface area contributed by atoms with Crippen LogP contribution in [0.1, 0.15) is 31.9 Å². The van der Waals surface area contributed by atoms with Gasteiger partial charge in [0, 0.05) is 11.8 Å². The molecule has 0 radical (unpaired) electrons. The van der Waals surface area contributed by atoms with Gasteiger partial charge in [0.1, 0.15) is 0 Å². The Balaban J connectivity index is 1.93. The number of nitrogens with zero attached hydrogens (tertiary/aromatic N) is 2. The third kappa shape index (κ3) is 5.62. The van der Waals surface area contributed by atoms with Gasteiger partial charge in [0.05, 0.1) is 0 Å². The predicted molar refractivity (Wildman–Crippen MR) is 104 cm³/mol. The number of thioether (sulfide) groups is 1. The van der Waals surface area contributed by atoms with Crippen LogP contribution < -0.4 is 5.32 Å². The number of nitrogens with one attached hydrogen (secondary N) is 1. The normalized spacial score (nSPS) is 11.6. The highest BCUT2D eigenvalue weighted by molar-refractivity contribution is 8.01. The summed E-state index contributed by atoms with van der Waals surface area (Å²) in [4.78, 5) is 12.0. The van der Waals surface area contributed by atoms with E-state index in [1.165, 1.54) is 34.7 Å². The second kappa shape index (κ2) is 8.26. The first-order chi connectivity index (χ1) is 11.4. The van der Waals surface area contributed by atoms with Gasteiger partial charge in [-0.05, 0) is 22.6 Å². The summed E-state index contributed by atoms with van der Waals surface area (Å²) >= 11 is 2.89. The molecular weight excluding hydrogens is 338 g/mol. The third-order valence-electron chi connectivity index (χ3n) is 3.17. The first-order valence-corrected chi connectivity index (χ1v) is 9.35. The van der Waals surface area contributed by atoms with Crippen LogP contribution in [0, 0.1) is 0 Å². The van der Waals surface area contributed by atoms with Crippen molar-refractivity contribution in [2.24, 2.45) is 0 Å². The number of rotatable bonds is 6. The Morgan fingerprint density at radius 3 is 2.62 bits per heavy atom. The number of carbonyl (C=O) groups excluding carboxylic acids is 1. The van der Waals surface area contributed by atoms with Crippen LogP contribution in [-0.2, 0) is 10.2 Å². The summed E-state index contributed by atoms with van der Waals surface area (Å²) in [6.07, 6.45) is 5.10. The molecule has 0 aliphatic heterocycles. The zero-order chi connectivity index (χ0) is 17.6. The quantitative estimate of drug-likeness (QED) is 0.349. The van der Waals surface area contributed by atoms with Gasteiger partial charge in [0.15, 0.2) is 4.34 Å². The fourth-order valence-corrected chi connectivity index (χ4v) is 3.38. The summed E-state index contributed by atoms with van der Waals surface area (Å²) in [7, 11) is 0. The van der Waals surface area contributed by atoms with Gasteiger partial charge in [-0.1, -0.05) is 74.2 Å². The zero-order valence-corrected chi connectivity index (χ0v) is 15.7. The van der Waals surface area contributed by atoms with Gasteiger partial charge in [0.25, 0.3) is 0 Å². The van der Waals surface area contributed by atoms with Crippen molar-refractivity contribution in [3.63, 3.8) is 0 Å². The number of hydrogen-bond acceptors (Lipinski definition) is 5. The molecule has 2 aromatic rings. The lowest BCUT2D eigenvalue weighted by atomic mass is 9.87. The molecule has 0 saturated heterocycles. The van der Waals surface area contributed by atoms with E-state index < -0.39 is 0 Å². The molecule has 1 heterocycles. The minimum Gasteiger partial charge on any atom is -0.297 e. The van der Waals surface area contributed by atoms with Gasteiger partial charge < -0.3 is 0 Å². The van der Waals surface area contributed by atoms with Crippen LogP contribution >= 0.6 is 23.1 Å². The molecule has 6 heteroatoms. The summed E-state index contributed by atoms with van der Waals surface area (Å²) < 4.78 is 0.812. The number of hydrogen-bond donors (Lipinski definition) is 1. The first kappa shape index (κ1) is 18.4. The molecule has 1 amide bonds. The highest BCUT2D eigenvalue weighted by Gasteiger charge is 2.12. The average Bonchev–Trinajstić information content (AvgIpc) is 2.98. The largest absolute Gasteiger partial charge is 0.297 e. The molecule has 0 fully saturated rings. The maximum absolute atomic E-state index is 12.0. The number of carbonyl (C=O) groups is 1. The lowest BCUT2D eigenvalue weighted by Crippen LogP contribution is -2.10. The van der Waals surface area contributed by atoms with E-state index in [0.29, 0.717) is 5.13 Å². The number of anilines is 1. The summed E-state index contributed by atoms with van der Waals surface area (Å²) in [5.41, 5.74) is 2.37. The second-order valence-corrected chi connectivity index (χ2v) is 8.41. The summed E-state index contributed by atoms with van der Waals surface area (Å²) in [6.45, 7) is 10.2. The lowest BCUT2D eigenvalue weighted by Gasteiger charge is -2.18. The highest BCUT2D eigenvalue weighted by Crippen LogP contribution is 2.25. The van der Waals surface area contributed by atoms with E-state index in [1.54, 1.807) is 12.2 Å². The van der Waals surface area contributed by atoms with Crippen molar-refractivity contribution < 1.29 is 4.79 Å². The molecule has 0 unspecified atom stereocenters. The van der Waals surface area contributed by atoms with E-state index in [2.05, 4.69) is 55.0 Å². The van der Waals surface area contributed by atoms with E-state index in [-0.39, 0.29) is 11.3 Å². The standard InChI is InChI=1S/C18H21N3OS2/c1-5-12-23-17-21-20-16(24-17)19-15(22)11-8-13-6-9-14(10-7-13)18(2,3)4/h5-11H,1,12H2,2-4H3,(H,19,20,22)/b11-8+. The van der Waals surface area contributed by atoms with E-state index in [0.717, 1.165) is 15.7 Å². The van der Waals surface area contributed by atoms with Gasteiger partial charge in [0.2, 0.25) is 11.0 Å². The van der Waals surface area contributed by atoms with Gasteiger partial charge in [-0.15, -0.1) is 16.8 Å². The Morgan fingerprint density at radius 1 is 1.29 bits per heavy atom. The minimum atomic E-state index is -0.216. The van der Waals surface area contributed by atoms with Crippen LogP contribution in [-0.4, -0.2) is 21.9 Å². The molecule has 0 aliphatic carbocycles. The zero-order valence-electron chi connectivity index (χ0n) is 14.1. The topological polar surface area (TPSA) is 54.9 Å². The van der Waals surface area contributed by atoms with E-state index in [4.69, 9.17) is 0 Å². The van der Waals surface area contributed by atoms with Crippen LogP contribution in [0.15, 0.2) is 47.3 Å². The second-order valence-electron chi connectivity index (χ2n) is 6.17. The molecule has 126 valence electrons. The number of benzene rings is 1. The van der Waals surface area contributed by atoms with Crippen LogP contribution in [0.25, 0.3) is 6.08 Å². The summed E-state index contributed by atoms with van der Waals surface area (Å²) in [5, 5.41) is 11.2. The van der Waals surface area contributed by atoms with Crippen LogP contribution in [0.5, 0.6) is 0 Å². The van der Waals surface area contributed by atoms with Crippen molar-refractivity contribution >= 4 is 40.2 Å². The molecule has 1 N–H and O–H groups in total. The average molecular weight is 360 g/mol.